The summed E-state index contributed by atoms with van der Waals surface area (Å²) >= 11 is 1.15. The van der Waals surface area contributed by atoms with Crippen LogP contribution in [-0.4, -0.2) is 32.9 Å². The Kier molecular flexibility index (Phi) is 3.83. The average Bonchev–Trinajstić information content (AvgIpc) is 2.77. The maximum atomic E-state index is 11.0. The molecule has 1 N–H and O–H groups in total. The molecule has 1 saturated heterocycles. The van der Waals surface area contributed by atoms with Crippen molar-refractivity contribution in [3.8, 4) is 0 Å². The van der Waals surface area contributed by atoms with Crippen LogP contribution in [0.2, 0.25) is 0 Å². The molecule has 1 aliphatic rings. The van der Waals surface area contributed by atoms with Crippen molar-refractivity contribution >= 4 is 23.6 Å². The van der Waals surface area contributed by atoms with E-state index in [0.29, 0.717) is 17.9 Å². The van der Waals surface area contributed by atoms with Gasteiger partial charge in [0, 0.05) is 12.6 Å². The molecule has 0 amide bonds. The molecule has 2 rings (SSSR count). The lowest BCUT2D eigenvalue weighted by Gasteiger charge is -2.19. The number of benzene rings is 1. The summed E-state index contributed by atoms with van der Waals surface area (Å²) in [6.45, 7) is 0.633. The molecule has 6 nitrogen and oxygen atoms in total. The number of aliphatic carboxylic acids is 1. The first kappa shape index (κ1) is 12.8. The number of nitro benzene ring substituents is 1. The van der Waals surface area contributed by atoms with Crippen molar-refractivity contribution in [3.63, 3.8) is 0 Å². The molecule has 0 unspecified atom stereocenters. The molecule has 0 saturated carbocycles. The first-order valence-electron chi connectivity index (χ1n) is 5.50. The first-order valence-corrected chi connectivity index (χ1v) is 6.28. The predicted molar refractivity (Wildman–Crippen MR) is 66.3 cm³/mol. The van der Waals surface area contributed by atoms with E-state index in [2.05, 4.69) is 0 Å². The highest BCUT2D eigenvalue weighted by atomic mass is 32.2. The summed E-state index contributed by atoms with van der Waals surface area (Å²) in [5.41, 5.74) is 0.0125. The number of para-hydroxylation sites is 1. The highest BCUT2D eigenvalue weighted by Gasteiger charge is 2.32. The molecule has 0 spiro atoms. The minimum Gasteiger partial charge on any atom is -0.480 e. The molecule has 1 aliphatic heterocycles. The smallest absolute Gasteiger partial charge is 0.321 e. The van der Waals surface area contributed by atoms with Crippen LogP contribution < -0.4 is 0 Å². The van der Waals surface area contributed by atoms with Gasteiger partial charge in [0.05, 0.1) is 4.92 Å². The van der Waals surface area contributed by atoms with Crippen molar-refractivity contribution in [1.82, 2.24) is 4.31 Å². The fraction of sp³-hybridized carbons (Fsp3) is 0.364. The van der Waals surface area contributed by atoms with E-state index < -0.39 is 16.9 Å². The van der Waals surface area contributed by atoms with E-state index in [1.807, 2.05) is 0 Å². The lowest BCUT2D eigenvalue weighted by atomic mass is 10.2. The van der Waals surface area contributed by atoms with Crippen LogP contribution in [0.1, 0.15) is 12.8 Å². The Morgan fingerprint density at radius 3 is 2.89 bits per heavy atom. The fourth-order valence-electron chi connectivity index (χ4n) is 1.91. The molecule has 96 valence electrons. The Morgan fingerprint density at radius 2 is 2.22 bits per heavy atom. The number of carboxylic acids is 1. The fourth-order valence-corrected chi connectivity index (χ4v) is 3.08. The van der Waals surface area contributed by atoms with Gasteiger partial charge in [-0.2, -0.15) is 0 Å². The van der Waals surface area contributed by atoms with Gasteiger partial charge in [-0.15, -0.1) is 0 Å². The van der Waals surface area contributed by atoms with Crippen LogP contribution >= 0.6 is 11.9 Å². The van der Waals surface area contributed by atoms with E-state index in [4.69, 9.17) is 5.11 Å². The van der Waals surface area contributed by atoms with Gasteiger partial charge in [-0.1, -0.05) is 12.1 Å². The third-order valence-corrected chi connectivity index (χ3v) is 3.98. The largest absolute Gasteiger partial charge is 0.480 e. The monoisotopic (exact) mass is 268 g/mol. The van der Waals surface area contributed by atoms with Crippen molar-refractivity contribution in [3.05, 3.63) is 34.4 Å². The third-order valence-electron chi connectivity index (χ3n) is 2.77. The molecule has 1 atom stereocenters. The molecule has 0 aliphatic carbocycles. The van der Waals surface area contributed by atoms with E-state index in [-0.39, 0.29) is 5.69 Å². The van der Waals surface area contributed by atoms with Gasteiger partial charge in [0.2, 0.25) is 0 Å². The van der Waals surface area contributed by atoms with Crippen LogP contribution in [-0.2, 0) is 4.79 Å². The van der Waals surface area contributed by atoms with Crippen LogP contribution in [0, 0.1) is 10.1 Å². The molecule has 0 radical (unpaired) electrons. The average molecular weight is 268 g/mol. The zero-order valence-electron chi connectivity index (χ0n) is 9.48. The van der Waals surface area contributed by atoms with Gasteiger partial charge in [-0.05, 0) is 30.9 Å². The van der Waals surface area contributed by atoms with Gasteiger partial charge >= 0.3 is 5.97 Å². The van der Waals surface area contributed by atoms with Gasteiger partial charge in [0.15, 0.2) is 0 Å². The summed E-state index contributed by atoms with van der Waals surface area (Å²) in [5.74, 6) is -0.876. The molecule has 1 aromatic carbocycles. The topological polar surface area (TPSA) is 83.7 Å². The Labute approximate surface area is 108 Å². The second kappa shape index (κ2) is 5.36. The zero-order valence-corrected chi connectivity index (χ0v) is 10.3. The second-order valence-corrected chi connectivity index (χ2v) is 5.04. The summed E-state index contributed by atoms with van der Waals surface area (Å²) < 4.78 is 1.70. The van der Waals surface area contributed by atoms with E-state index in [1.165, 1.54) is 6.07 Å². The number of nitrogens with zero attached hydrogens (tertiary/aromatic N) is 2. The lowest BCUT2D eigenvalue weighted by Crippen LogP contribution is -2.30. The third kappa shape index (κ3) is 2.62. The quantitative estimate of drug-likeness (QED) is 0.511. The molecule has 1 fully saturated rings. The van der Waals surface area contributed by atoms with Crippen molar-refractivity contribution in [1.29, 1.82) is 0 Å². The lowest BCUT2D eigenvalue weighted by molar-refractivity contribution is -0.387. The van der Waals surface area contributed by atoms with E-state index in [0.717, 1.165) is 18.4 Å². The number of carbonyl (C=O) groups is 1. The van der Waals surface area contributed by atoms with Gasteiger partial charge in [0.25, 0.3) is 5.69 Å². The van der Waals surface area contributed by atoms with E-state index in [9.17, 15) is 14.9 Å². The van der Waals surface area contributed by atoms with Crippen LogP contribution in [0.3, 0.4) is 0 Å². The van der Waals surface area contributed by atoms with Crippen molar-refractivity contribution in [2.24, 2.45) is 0 Å². The molecular formula is C11H12N2O4S. The molecule has 7 heteroatoms. The number of nitro groups is 1. The molecular weight excluding hydrogens is 256 g/mol. The zero-order chi connectivity index (χ0) is 13.1. The Morgan fingerprint density at radius 1 is 1.50 bits per heavy atom. The first-order chi connectivity index (χ1) is 8.59. The Balaban J connectivity index is 2.19. The minimum atomic E-state index is -0.876. The van der Waals surface area contributed by atoms with Gasteiger partial charge in [-0.25, -0.2) is 4.31 Å². The van der Waals surface area contributed by atoms with E-state index >= 15 is 0 Å². The number of carboxylic acid groups (broad SMARTS) is 1. The molecule has 0 aromatic heterocycles. The van der Waals surface area contributed by atoms with Crippen molar-refractivity contribution < 1.29 is 14.8 Å². The number of hydrogen-bond acceptors (Lipinski definition) is 5. The maximum Gasteiger partial charge on any atom is 0.321 e. The maximum absolute atomic E-state index is 11.0. The van der Waals surface area contributed by atoms with Gasteiger partial charge < -0.3 is 5.11 Å². The van der Waals surface area contributed by atoms with Crippen LogP contribution in [0.25, 0.3) is 0 Å². The summed E-state index contributed by atoms with van der Waals surface area (Å²) in [4.78, 5) is 21.9. The second-order valence-electron chi connectivity index (χ2n) is 3.95. The standard InChI is InChI=1S/C11H12N2O4S/c14-11(15)9-5-3-7-12(9)18-10-6-2-1-4-8(10)13(16)17/h1-2,4,6,9H,3,5,7H2,(H,14,15)/t9-/m0/s1. The summed E-state index contributed by atoms with van der Waals surface area (Å²) in [5, 5.41) is 19.9. The molecule has 1 aromatic rings. The number of hydrogen-bond donors (Lipinski definition) is 1. The normalized spacial score (nSPS) is 19.9. The Hall–Kier alpha value is -1.60. The highest BCUT2D eigenvalue weighted by molar-refractivity contribution is 7.97. The van der Waals surface area contributed by atoms with Crippen LogP contribution in [0.5, 0.6) is 0 Å². The summed E-state index contributed by atoms with van der Waals surface area (Å²) in [7, 11) is 0. The van der Waals surface area contributed by atoms with Crippen molar-refractivity contribution in [2.45, 2.75) is 23.8 Å². The SMILES string of the molecule is O=C(O)[C@@H]1CCCN1Sc1ccccc1[N+](=O)[O-]. The Bertz CT molecular complexity index is 480. The van der Waals surface area contributed by atoms with Gasteiger partial charge in [0.1, 0.15) is 10.9 Å². The minimum absolute atomic E-state index is 0.0125. The summed E-state index contributed by atoms with van der Waals surface area (Å²) in [6.07, 6.45) is 1.38. The van der Waals surface area contributed by atoms with E-state index in [1.54, 1.807) is 22.5 Å². The highest BCUT2D eigenvalue weighted by Crippen LogP contribution is 2.35. The molecule has 1 heterocycles. The van der Waals surface area contributed by atoms with Crippen LogP contribution in [0.4, 0.5) is 5.69 Å². The molecule has 0 bridgehead atoms. The van der Waals surface area contributed by atoms with Crippen molar-refractivity contribution in [2.75, 3.05) is 6.54 Å². The van der Waals surface area contributed by atoms with Gasteiger partial charge in [-0.3, -0.25) is 14.9 Å². The van der Waals surface area contributed by atoms with Crippen LogP contribution in [0.15, 0.2) is 29.2 Å². The summed E-state index contributed by atoms with van der Waals surface area (Å²) in [6, 6.07) is 5.81. The number of rotatable bonds is 4. The molecule has 18 heavy (non-hydrogen) atoms. The predicted octanol–water partition coefficient (Wildman–Crippen LogP) is 2.15.